The first-order valence-electron chi connectivity index (χ1n) is 4.04. The van der Waals surface area contributed by atoms with E-state index in [0.717, 1.165) is 11.1 Å². The largest absolute Gasteiger partial charge is 0.505 e. The highest BCUT2D eigenvalue weighted by molar-refractivity contribution is 5.99. The van der Waals surface area contributed by atoms with Crippen LogP contribution in [-0.2, 0) is 0 Å². The molecule has 13 heavy (non-hydrogen) atoms. The molecule has 0 unspecified atom stereocenters. The van der Waals surface area contributed by atoms with Crippen LogP contribution in [0.1, 0.15) is 28.4 Å². The van der Waals surface area contributed by atoms with Gasteiger partial charge in [0.15, 0.2) is 5.78 Å². The van der Waals surface area contributed by atoms with E-state index in [9.17, 15) is 9.90 Å². The normalized spacial score (nSPS) is 10.1. The molecule has 0 fully saturated rings. The third-order valence-electron chi connectivity index (χ3n) is 2.25. The zero-order chi connectivity index (χ0) is 10.2. The topological polar surface area (TPSA) is 63.3 Å². The summed E-state index contributed by atoms with van der Waals surface area (Å²) in [6.07, 6.45) is 0. The summed E-state index contributed by atoms with van der Waals surface area (Å²) in [6, 6.07) is 1.66. The lowest BCUT2D eigenvalue weighted by Crippen LogP contribution is -2.00. The minimum Gasteiger partial charge on any atom is -0.505 e. The molecule has 0 spiro atoms. The van der Waals surface area contributed by atoms with Gasteiger partial charge in [0, 0.05) is 0 Å². The summed E-state index contributed by atoms with van der Waals surface area (Å²) in [5, 5.41) is 9.53. The Morgan fingerprint density at radius 1 is 1.46 bits per heavy atom. The number of carbonyl (C=O) groups is 1. The summed E-state index contributed by atoms with van der Waals surface area (Å²) in [4.78, 5) is 11.1. The molecule has 0 aliphatic rings. The van der Waals surface area contributed by atoms with Crippen molar-refractivity contribution in [2.24, 2.45) is 0 Å². The van der Waals surface area contributed by atoms with Crippen molar-refractivity contribution in [3.63, 3.8) is 0 Å². The quantitative estimate of drug-likeness (QED) is 0.392. The summed E-state index contributed by atoms with van der Waals surface area (Å²) in [6.45, 7) is 5.08. The van der Waals surface area contributed by atoms with Crippen LogP contribution >= 0.6 is 0 Å². The second kappa shape index (κ2) is 3.09. The van der Waals surface area contributed by atoms with Crippen LogP contribution in [0.25, 0.3) is 0 Å². The van der Waals surface area contributed by atoms with Crippen molar-refractivity contribution in [2.45, 2.75) is 20.8 Å². The highest BCUT2D eigenvalue weighted by atomic mass is 16.3. The zero-order valence-corrected chi connectivity index (χ0v) is 8.01. The van der Waals surface area contributed by atoms with Gasteiger partial charge in [0.05, 0.1) is 11.3 Å². The molecule has 0 bridgehead atoms. The highest BCUT2D eigenvalue weighted by Gasteiger charge is 2.12. The van der Waals surface area contributed by atoms with Gasteiger partial charge in [-0.05, 0) is 38.0 Å². The zero-order valence-electron chi connectivity index (χ0n) is 8.01. The maximum atomic E-state index is 11.1. The second-order valence-corrected chi connectivity index (χ2v) is 3.18. The molecule has 3 heteroatoms. The number of rotatable bonds is 1. The van der Waals surface area contributed by atoms with Crippen LogP contribution in [0.3, 0.4) is 0 Å². The number of aromatic hydroxyl groups is 1. The molecule has 0 amide bonds. The molecule has 0 saturated heterocycles. The van der Waals surface area contributed by atoms with E-state index in [0.29, 0.717) is 11.3 Å². The predicted octanol–water partition coefficient (Wildman–Crippen LogP) is 1.79. The lowest BCUT2D eigenvalue weighted by atomic mass is 10.0. The number of anilines is 1. The molecule has 0 aromatic heterocycles. The van der Waals surface area contributed by atoms with Crippen LogP contribution in [0.15, 0.2) is 6.07 Å². The molecular weight excluding hydrogens is 166 g/mol. The second-order valence-electron chi connectivity index (χ2n) is 3.18. The third-order valence-corrected chi connectivity index (χ3v) is 2.25. The Bertz CT molecular complexity index is 370. The smallest absolute Gasteiger partial charge is 0.163 e. The van der Waals surface area contributed by atoms with Crippen LogP contribution in [0.5, 0.6) is 5.75 Å². The standard InChI is InChI=1S/C10H13NO2/c1-5-4-8(7(3)12)10(13)9(11)6(5)2/h4,13H,11H2,1-3H3. The number of phenols is 1. The molecule has 3 N–H and O–H groups in total. The summed E-state index contributed by atoms with van der Waals surface area (Å²) in [7, 11) is 0. The molecule has 1 aromatic carbocycles. The van der Waals surface area contributed by atoms with E-state index in [1.807, 2.05) is 13.8 Å². The molecule has 1 rings (SSSR count). The average Bonchev–Trinajstić information content (AvgIpc) is 2.07. The minimum atomic E-state index is -0.174. The van der Waals surface area contributed by atoms with E-state index in [1.165, 1.54) is 6.92 Å². The Kier molecular flexibility index (Phi) is 2.28. The van der Waals surface area contributed by atoms with Gasteiger partial charge in [0.1, 0.15) is 5.75 Å². The number of Topliss-reactive ketones (excluding diaryl/α,β-unsaturated/α-hetero) is 1. The molecule has 0 atom stereocenters. The van der Waals surface area contributed by atoms with Crippen LogP contribution in [0, 0.1) is 13.8 Å². The number of hydrogen-bond acceptors (Lipinski definition) is 3. The van der Waals surface area contributed by atoms with E-state index >= 15 is 0 Å². The SMILES string of the molecule is CC(=O)c1cc(C)c(C)c(N)c1O. The van der Waals surface area contributed by atoms with Gasteiger partial charge in [-0.1, -0.05) is 0 Å². The number of aryl methyl sites for hydroxylation is 1. The van der Waals surface area contributed by atoms with Gasteiger partial charge in [-0.25, -0.2) is 0 Å². The molecule has 0 radical (unpaired) electrons. The monoisotopic (exact) mass is 179 g/mol. The van der Waals surface area contributed by atoms with E-state index in [1.54, 1.807) is 6.07 Å². The first-order chi connectivity index (χ1) is 5.95. The van der Waals surface area contributed by atoms with Gasteiger partial charge in [-0.3, -0.25) is 4.79 Å². The Morgan fingerprint density at radius 3 is 2.46 bits per heavy atom. The summed E-state index contributed by atoms with van der Waals surface area (Å²) >= 11 is 0. The van der Waals surface area contributed by atoms with E-state index < -0.39 is 0 Å². The van der Waals surface area contributed by atoms with Gasteiger partial charge in [-0.2, -0.15) is 0 Å². The van der Waals surface area contributed by atoms with Crippen molar-refractivity contribution in [1.82, 2.24) is 0 Å². The predicted molar refractivity (Wildman–Crippen MR) is 52.0 cm³/mol. The van der Waals surface area contributed by atoms with Gasteiger partial charge >= 0.3 is 0 Å². The Labute approximate surface area is 77.2 Å². The van der Waals surface area contributed by atoms with Crippen LogP contribution in [0.2, 0.25) is 0 Å². The summed E-state index contributed by atoms with van der Waals surface area (Å²) in [5.74, 6) is -0.275. The van der Waals surface area contributed by atoms with E-state index in [2.05, 4.69) is 0 Å². The molecule has 3 nitrogen and oxygen atoms in total. The fraction of sp³-hybridized carbons (Fsp3) is 0.300. The van der Waals surface area contributed by atoms with Gasteiger partial charge in [0.2, 0.25) is 0 Å². The van der Waals surface area contributed by atoms with Crippen molar-refractivity contribution in [3.8, 4) is 5.75 Å². The van der Waals surface area contributed by atoms with Gasteiger partial charge < -0.3 is 10.8 Å². The third kappa shape index (κ3) is 1.49. The number of benzene rings is 1. The van der Waals surface area contributed by atoms with E-state index in [-0.39, 0.29) is 11.5 Å². The van der Waals surface area contributed by atoms with Gasteiger partial charge in [-0.15, -0.1) is 0 Å². The average molecular weight is 179 g/mol. The molecule has 0 aliphatic carbocycles. The van der Waals surface area contributed by atoms with Crippen molar-refractivity contribution >= 4 is 11.5 Å². The lowest BCUT2D eigenvalue weighted by Gasteiger charge is -2.09. The summed E-state index contributed by atoms with van der Waals surface area (Å²) in [5.41, 5.74) is 7.95. The number of phenolic OH excluding ortho intramolecular Hbond substituents is 1. The maximum Gasteiger partial charge on any atom is 0.163 e. The number of nitrogens with two attached hydrogens (primary N) is 1. The van der Waals surface area contributed by atoms with Gasteiger partial charge in [0.25, 0.3) is 0 Å². The number of ketones is 1. The number of carbonyl (C=O) groups excluding carboxylic acids is 1. The van der Waals surface area contributed by atoms with Crippen molar-refractivity contribution in [1.29, 1.82) is 0 Å². The molecule has 70 valence electrons. The molecular formula is C10H13NO2. The minimum absolute atomic E-state index is 0.101. The maximum absolute atomic E-state index is 11.1. The van der Waals surface area contributed by atoms with Crippen molar-refractivity contribution < 1.29 is 9.90 Å². The highest BCUT2D eigenvalue weighted by Crippen LogP contribution is 2.30. The van der Waals surface area contributed by atoms with Crippen LogP contribution in [-0.4, -0.2) is 10.9 Å². The first kappa shape index (κ1) is 9.58. The van der Waals surface area contributed by atoms with Crippen molar-refractivity contribution in [2.75, 3.05) is 5.73 Å². The molecule has 1 aromatic rings. The van der Waals surface area contributed by atoms with Crippen LogP contribution < -0.4 is 5.73 Å². The molecule has 0 saturated carbocycles. The Hall–Kier alpha value is -1.51. The number of nitrogen functional groups attached to an aromatic ring is 1. The fourth-order valence-electron chi connectivity index (χ4n) is 1.20. The number of hydrogen-bond donors (Lipinski definition) is 2. The first-order valence-corrected chi connectivity index (χ1v) is 4.04. The fourth-order valence-corrected chi connectivity index (χ4v) is 1.20. The van der Waals surface area contributed by atoms with Crippen LogP contribution in [0.4, 0.5) is 5.69 Å². The Morgan fingerprint density at radius 2 is 2.00 bits per heavy atom. The van der Waals surface area contributed by atoms with E-state index in [4.69, 9.17) is 5.73 Å². The summed E-state index contributed by atoms with van der Waals surface area (Å²) < 4.78 is 0. The molecule has 0 aliphatic heterocycles. The lowest BCUT2D eigenvalue weighted by molar-refractivity contribution is 0.101. The van der Waals surface area contributed by atoms with Crippen molar-refractivity contribution in [3.05, 3.63) is 22.8 Å². The molecule has 0 heterocycles. The Balaban J connectivity index is 3.50.